The summed E-state index contributed by atoms with van der Waals surface area (Å²) >= 11 is 0. The van der Waals surface area contributed by atoms with Crippen LogP contribution in [-0.2, 0) is 6.42 Å². The fraction of sp³-hybridized carbons (Fsp3) is 0.500. The zero-order chi connectivity index (χ0) is 11.5. The van der Waals surface area contributed by atoms with Gasteiger partial charge in [0.2, 0.25) is 0 Å². The van der Waals surface area contributed by atoms with E-state index in [1.54, 1.807) is 0 Å². The monoisotopic (exact) mass is 216 g/mol. The number of hydrogen-bond acceptors (Lipinski definition) is 1. The molecule has 0 bridgehead atoms. The average Bonchev–Trinajstić information content (AvgIpc) is 2.61. The quantitative estimate of drug-likeness (QED) is 0.771. The molecule has 0 unspecified atom stereocenters. The molecular formula is C14H20N2. The third-order valence-corrected chi connectivity index (χ3v) is 3.16. The average molecular weight is 216 g/mol. The predicted molar refractivity (Wildman–Crippen MR) is 68.8 cm³/mol. The van der Waals surface area contributed by atoms with Crippen LogP contribution in [0.4, 0.5) is 0 Å². The maximum atomic E-state index is 4.63. The second kappa shape index (κ2) is 4.69. The number of H-pyrrole nitrogens is 1. The molecule has 1 aromatic carbocycles. The molecule has 0 aliphatic carbocycles. The molecule has 0 saturated heterocycles. The summed E-state index contributed by atoms with van der Waals surface area (Å²) in [4.78, 5) is 8.04. The standard InChI is InChI=1S/C14H20N2/c1-4-5-6-7-14-15-12-8-10(2)11(3)9-13(12)16-14/h8-9H,4-7H2,1-3H3,(H,15,16). The van der Waals surface area contributed by atoms with Gasteiger partial charge >= 0.3 is 0 Å². The van der Waals surface area contributed by atoms with Gasteiger partial charge < -0.3 is 4.98 Å². The number of nitrogens with zero attached hydrogens (tertiary/aromatic N) is 1. The van der Waals surface area contributed by atoms with Gasteiger partial charge in [-0.2, -0.15) is 0 Å². The van der Waals surface area contributed by atoms with Crippen molar-refractivity contribution in [3.8, 4) is 0 Å². The van der Waals surface area contributed by atoms with E-state index in [0.717, 1.165) is 17.8 Å². The Labute approximate surface area is 97.1 Å². The van der Waals surface area contributed by atoms with Gasteiger partial charge in [0.05, 0.1) is 11.0 Å². The van der Waals surface area contributed by atoms with Gasteiger partial charge in [-0.15, -0.1) is 0 Å². The van der Waals surface area contributed by atoms with Crippen LogP contribution < -0.4 is 0 Å². The number of aromatic nitrogens is 2. The Balaban J connectivity index is 2.23. The minimum Gasteiger partial charge on any atom is -0.342 e. The number of hydrogen-bond donors (Lipinski definition) is 1. The van der Waals surface area contributed by atoms with Crippen LogP contribution in [0, 0.1) is 13.8 Å². The Morgan fingerprint density at radius 2 is 1.88 bits per heavy atom. The highest BCUT2D eigenvalue weighted by atomic mass is 14.9. The Morgan fingerprint density at radius 3 is 2.62 bits per heavy atom. The van der Waals surface area contributed by atoms with Crippen molar-refractivity contribution in [3.63, 3.8) is 0 Å². The number of imidazole rings is 1. The smallest absolute Gasteiger partial charge is 0.107 e. The first kappa shape index (κ1) is 11.2. The van der Waals surface area contributed by atoms with Crippen molar-refractivity contribution in [2.45, 2.75) is 46.5 Å². The summed E-state index contributed by atoms with van der Waals surface area (Å²) in [5.74, 6) is 1.13. The number of fused-ring (bicyclic) bond motifs is 1. The Morgan fingerprint density at radius 1 is 1.12 bits per heavy atom. The van der Waals surface area contributed by atoms with Crippen LogP contribution in [0.2, 0.25) is 0 Å². The number of unbranched alkanes of at least 4 members (excludes halogenated alkanes) is 2. The summed E-state index contributed by atoms with van der Waals surface area (Å²) in [7, 11) is 0. The zero-order valence-electron chi connectivity index (χ0n) is 10.4. The fourth-order valence-electron chi connectivity index (χ4n) is 1.98. The number of rotatable bonds is 4. The summed E-state index contributed by atoms with van der Waals surface area (Å²) in [6.07, 6.45) is 4.85. The zero-order valence-corrected chi connectivity index (χ0v) is 10.4. The maximum absolute atomic E-state index is 4.63. The molecule has 0 aliphatic rings. The number of benzene rings is 1. The predicted octanol–water partition coefficient (Wildman–Crippen LogP) is 3.91. The number of aromatic amines is 1. The first-order chi connectivity index (χ1) is 7.70. The lowest BCUT2D eigenvalue weighted by atomic mass is 10.1. The van der Waals surface area contributed by atoms with E-state index in [1.807, 2.05) is 0 Å². The van der Waals surface area contributed by atoms with E-state index < -0.39 is 0 Å². The van der Waals surface area contributed by atoms with Crippen molar-refractivity contribution < 1.29 is 0 Å². The van der Waals surface area contributed by atoms with Crippen molar-refractivity contribution in [1.29, 1.82) is 0 Å². The van der Waals surface area contributed by atoms with Gasteiger partial charge in [0.1, 0.15) is 5.82 Å². The number of nitrogens with one attached hydrogen (secondary N) is 1. The normalized spacial score (nSPS) is 11.2. The molecule has 0 fully saturated rings. The summed E-state index contributed by atoms with van der Waals surface area (Å²) < 4.78 is 0. The minimum absolute atomic E-state index is 1.07. The van der Waals surface area contributed by atoms with E-state index in [0.29, 0.717) is 0 Å². The lowest BCUT2D eigenvalue weighted by Gasteiger charge is -1.97. The molecule has 16 heavy (non-hydrogen) atoms. The first-order valence-corrected chi connectivity index (χ1v) is 6.16. The van der Waals surface area contributed by atoms with Gasteiger partial charge in [-0.1, -0.05) is 19.8 Å². The molecule has 0 radical (unpaired) electrons. The van der Waals surface area contributed by atoms with Crippen molar-refractivity contribution in [2.24, 2.45) is 0 Å². The molecule has 2 rings (SSSR count). The van der Waals surface area contributed by atoms with Crippen LogP contribution in [0.1, 0.15) is 43.1 Å². The summed E-state index contributed by atoms with van der Waals surface area (Å²) in [5, 5.41) is 0. The molecule has 2 nitrogen and oxygen atoms in total. The Kier molecular flexibility index (Phi) is 3.28. The summed E-state index contributed by atoms with van der Waals surface area (Å²) in [6, 6.07) is 4.37. The molecule has 1 aromatic heterocycles. The number of aryl methyl sites for hydroxylation is 3. The first-order valence-electron chi connectivity index (χ1n) is 6.16. The third-order valence-electron chi connectivity index (χ3n) is 3.16. The van der Waals surface area contributed by atoms with Crippen molar-refractivity contribution in [1.82, 2.24) is 9.97 Å². The van der Waals surface area contributed by atoms with E-state index >= 15 is 0 Å². The highest BCUT2D eigenvalue weighted by Crippen LogP contribution is 2.18. The maximum Gasteiger partial charge on any atom is 0.107 e. The van der Waals surface area contributed by atoms with E-state index in [1.165, 1.54) is 35.9 Å². The minimum atomic E-state index is 1.07. The second-order valence-corrected chi connectivity index (χ2v) is 4.59. The summed E-state index contributed by atoms with van der Waals surface area (Å²) in [5.41, 5.74) is 4.93. The van der Waals surface area contributed by atoms with E-state index in [4.69, 9.17) is 0 Å². The van der Waals surface area contributed by atoms with Crippen LogP contribution in [0.3, 0.4) is 0 Å². The van der Waals surface area contributed by atoms with Gasteiger partial charge in [0, 0.05) is 6.42 Å². The topological polar surface area (TPSA) is 28.7 Å². The van der Waals surface area contributed by atoms with Gasteiger partial charge in [-0.25, -0.2) is 4.98 Å². The van der Waals surface area contributed by atoms with E-state index in [-0.39, 0.29) is 0 Å². The SMILES string of the molecule is CCCCCc1nc2cc(C)c(C)cc2[nH]1. The third kappa shape index (κ3) is 2.26. The molecular weight excluding hydrogens is 196 g/mol. The largest absolute Gasteiger partial charge is 0.342 e. The Hall–Kier alpha value is -1.31. The second-order valence-electron chi connectivity index (χ2n) is 4.59. The molecule has 0 saturated carbocycles. The lowest BCUT2D eigenvalue weighted by molar-refractivity contribution is 0.700. The molecule has 0 aliphatic heterocycles. The lowest BCUT2D eigenvalue weighted by Crippen LogP contribution is -1.87. The van der Waals surface area contributed by atoms with Crippen LogP contribution in [-0.4, -0.2) is 9.97 Å². The van der Waals surface area contributed by atoms with Crippen LogP contribution >= 0.6 is 0 Å². The van der Waals surface area contributed by atoms with E-state index in [9.17, 15) is 0 Å². The van der Waals surface area contributed by atoms with E-state index in [2.05, 4.69) is 42.9 Å². The molecule has 1 heterocycles. The summed E-state index contributed by atoms with van der Waals surface area (Å²) in [6.45, 7) is 6.51. The van der Waals surface area contributed by atoms with Gasteiger partial charge in [0.15, 0.2) is 0 Å². The highest BCUT2D eigenvalue weighted by molar-refractivity contribution is 5.77. The molecule has 1 N–H and O–H groups in total. The van der Waals surface area contributed by atoms with Crippen LogP contribution in [0.5, 0.6) is 0 Å². The molecule has 2 heteroatoms. The highest BCUT2D eigenvalue weighted by Gasteiger charge is 2.04. The van der Waals surface area contributed by atoms with Crippen molar-refractivity contribution in [2.75, 3.05) is 0 Å². The molecule has 2 aromatic rings. The van der Waals surface area contributed by atoms with Gasteiger partial charge in [-0.3, -0.25) is 0 Å². The fourth-order valence-corrected chi connectivity index (χ4v) is 1.98. The van der Waals surface area contributed by atoms with Crippen molar-refractivity contribution >= 4 is 11.0 Å². The molecule has 86 valence electrons. The van der Waals surface area contributed by atoms with Crippen LogP contribution in [0.25, 0.3) is 11.0 Å². The van der Waals surface area contributed by atoms with Crippen molar-refractivity contribution in [3.05, 3.63) is 29.1 Å². The van der Waals surface area contributed by atoms with Gasteiger partial charge in [0.25, 0.3) is 0 Å². The molecule has 0 amide bonds. The molecule has 0 spiro atoms. The van der Waals surface area contributed by atoms with Gasteiger partial charge in [-0.05, 0) is 43.5 Å². The van der Waals surface area contributed by atoms with Crippen LogP contribution in [0.15, 0.2) is 12.1 Å². The Bertz CT molecular complexity index is 444. The molecule has 0 atom stereocenters.